The second-order valence-electron chi connectivity index (χ2n) is 4.60. The van der Waals surface area contributed by atoms with Gasteiger partial charge in [-0.1, -0.05) is 15.9 Å². The van der Waals surface area contributed by atoms with Crippen molar-refractivity contribution >= 4 is 27.0 Å². The molecule has 0 aliphatic rings. The molecular weight excluding hydrogens is 304 g/mol. The maximum absolute atomic E-state index is 4.68. The van der Waals surface area contributed by atoms with Crippen LogP contribution in [0.25, 0.3) is 16.9 Å². The summed E-state index contributed by atoms with van der Waals surface area (Å²) < 4.78 is 2.85. The van der Waals surface area contributed by atoms with Crippen LogP contribution in [0.4, 0.5) is 0 Å². The fourth-order valence-electron chi connectivity index (χ4n) is 2.15. The summed E-state index contributed by atoms with van der Waals surface area (Å²) >= 11 is 3.45. The van der Waals surface area contributed by atoms with Crippen molar-refractivity contribution in [2.45, 2.75) is 20.8 Å². The second kappa shape index (κ2) is 4.42. The topological polar surface area (TPSA) is 43.6 Å². The van der Waals surface area contributed by atoms with E-state index in [1.165, 1.54) is 0 Å². The second-order valence-corrected chi connectivity index (χ2v) is 5.52. The molecule has 0 saturated heterocycles. The lowest BCUT2D eigenvalue weighted by molar-refractivity contribution is 0.796. The minimum Gasteiger partial charge on any atom is -0.248 e. The Labute approximate surface area is 119 Å². The van der Waals surface area contributed by atoms with Crippen LogP contribution in [0.3, 0.4) is 0 Å². The quantitative estimate of drug-likeness (QED) is 0.690. The van der Waals surface area contributed by atoms with Crippen LogP contribution in [-0.4, -0.2) is 19.7 Å². The molecule has 0 unspecified atom stereocenters. The van der Waals surface area contributed by atoms with Crippen LogP contribution in [0, 0.1) is 20.8 Å². The first-order valence-electron chi connectivity index (χ1n) is 6.02. The van der Waals surface area contributed by atoms with Crippen LogP contribution in [0.5, 0.6) is 0 Å². The molecule has 0 aliphatic heterocycles. The van der Waals surface area contributed by atoms with E-state index in [2.05, 4.69) is 31.0 Å². The first-order chi connectivity index (χ1) is 9.04. The van der Waals surface area contributed by atoms with Crippen molar-refractivity contribution in [3.8, 4) is 5.82 Å². The summed E-state index contributed by atoms with van der Waals surface area (Å²) in [4.78, 5) is 9.29. The van der Waals surface area contributed by atoms with E-state index < -0.39 is 0 Å². The van der Waals surface area contributed by atoms with Crippen molar-refractivity contribution in [2.75, 3.05) is 0 Å². The summed E-state index contributed by atoms with van der Waals surface area (Å²) in [5, 5.41) is 4.47. The Morgan fingerprint density at radius 3 is 2.47 bits per heavy atom. The van der Waals surface area contributed by atoms with Gasteiger partial charge in [0, 0.05) is 10.2 Å². The maximum Gasteiger partial charge on any atom is 0.175 e. The standard InChI is InChI=1S/C14H13BrN4/c1-8-6-9(2)19(18-8)14-10(3)16-13-7-11(15)4-5-12(13)17-14/h4-7H,1-3H3. The van der Waals surface area contributed by atoms with Gasteiger partial charge in [-0.3, -0.25) is 0 Å². The van der Waals surface area contributed by atoms with E-state index in [0.717, 1.165) is 38.4 Å². The first-order valence-corrected chi connectivity index (χ1v) is 6.81. The fraction of sp³-hybridized carbons (Fsp3) is 0.214. The highest BCUT2D eigenvalue weighted by atomic mass is 79.9. The molecule has 3 aromatic rings. The maximum atomic E-state index is 4.68. The largest absolute Gasteiger partial charge is 0.248 e. The van der Waals surface area contributed by atoms with Crippen LogP contribution in [0.15, 0.2) is 28.7 Å². The third-order valence-corrected chi connectivity index (χ3v) is 3.48. The van der Waals surface area contributed by atoms with Crippen LogP contribution in [0.1, 0.15) is 17.1 Å². The zero-order valence-corrected chi connectivity index (χ0v) is 12.6. The van der Waals surface area contributed by atoms with E-state index in [9.17, 15) is 0 Å². The molecule has 0 amide bonds. The van der Waals surface area contributed by atoms with E-state index in [-0.39, 0.29) is 0 Å². The molecule has 4 nitrogen and oxygen atoms in total. The third kappa shape index (κ3) is 2.14. The molecule has 2 heterocycles. The van der Waals surface area contributed by atoms with Gasteiger partial charge in [-0.2, -0.15) is 5.10 Å². The zero-order chi connectivity index (χ0) is 13.6. The minimum atomic E-state index is 0.792. The van der Waals surface area contributed by atoms with Gasteiger partial charge in [0.15, 0.2) is 5.82 Å². The summed E-state index contributed by atoms with van der Waals surface area (Å²) in [6.07, 6.45) is 0. The molecular formula is C14H13BrN4. The fourth-order valence-corrected chi connectivity index (χ4v) is 2.50. The lowest BCUT2D eigenvalue weighted by Gasteiger charge is -2.08. The van der Waals surface area contributed by atoms with E-state index >= 15 is 0 Å². The third-order valence-electron chi connectivity index (χ3n) is 2.99. The highest BCUT2D eigenvalue weighted by Crippen LogP contribution is 2.20. The molecule has 1 aromatic carbocycles. The predicted molar refractivity (Wildman–Crippen MR) is 78.6 cm³/mol. The molecule has 0 spiro atoms. The minimum absolute atomic E-state index is 0.792. The van der Waals surface area contributed by atoms with Crippen molar-refractivity contribution in [3.05, 3.63) is 45.8 Å². The van der Waals surface area contributed by atoms with Crippen molar-refractivity contribution in [1.82, 2.24) is 19.7 Å². The monoisotopic (exact) mass is 316 g/mol. The van der Waals surface area contributed by atoms with Gasteiger partial charge in [0.25, 0.3) is 0 Å². The van der Waals surface area contributed by atoms with Gasteiger partial charge >= 0.3 is 0 Å². The molecule has 2 aromatic heterocycles. The summed E-state index contributed by atoms with van der Waals surface area (Å²) in [6, 6.07) is 7.94. The number of fused-ring (bicyclic) bond motifs is 1. The number of aryl methyl sites for hydroxylation is 3. The Bertz CT molecular complexity index is 776. The average Bonchev–Trinajstić information content (AvgIpc) is 2.67. The lowest BCUT2D eigenvalue weighted by atomic mass is 10.3. The average molecular weight is 317 g/mol. The molecule has 3 rings (SSSR count). The number of aromatic nitrogens is 4. The van der Waals surface area contributed by atoms with Crippen molar-refractivity contribution < 1.29 is 0 Å². The smallest absolute Gasteiger partial charge is 0.175 e. The number of rotatable bonds is 1. The number of hydrogen-bond acceptors (Lipinski definition) is 3. The van der Waals surface area contributed by atoms with Gasteiger partial charge in [0.1, 0.15) is 0 Å². The number of nitrogens with zero attached hydrogens (tertiary/aromatic N) is 4. The van der Waals surface area contributed by atoms with Crippen molar-refractivity contribution in [3.63, 3.8) is 0 Å². The first kappa shape index (κ1) is 12.3. The van der Waals surface area contributed by atoms with Crippen LogP contribution >= 0.6 is 15.9 Å². The van der Waals surface area contributed by atoms with E-state index in [0.29, 0.717) is 0 Å². The predicted octanol–water partition coefficient (Wildman–Crippen LogP) is 3.50. The Balaban J connectivity index is 2.27. The molecule has 0 bridgehead atoms. The molecule has 0 aliphatic carbocycles. The van der Waals surface area contributed by atoms with E-state index in [4.69, 9.17) is 0 Å². The van der Waals surface area contributed by atoms with Gasteiger partial charge in [0.2, 0.25) is 0 Å². The van der Waals surface area contributed by atoms with E-state index in [1.807, 2.05) is 49.7 Å². The molecule has 0 atom stereocenters. The van der Waals surface area contributed by atoms with Gasteiger partial charge in [-0.25, -0.2) is 14.6 Å². The van der Waals surface area contributed by atoms with Crippen LogP contribution in [-0.2, 0) is 0 Å². The van der Waals surface area contributed by atoms with E-state index in [1.54, 1.807) is 0 Å². The molecule has 0 saturated carbocycles. The zero-order valence-electron chi connectivity index (χ0n) is 11.0. The SMILES string of the molecule is Cc1cc(C)n(-c2nc3ccc(Br)cc3nc2C)n1. The van der Waals surface area contributed by atoms with Crippen LogP contribution < -0.4 is 0 Å². The van der Waals surface area contributed by atoms with Gasteiger partial charge in [-0.15, -0.1) is 0 Å². The number of halogens is 1. The van der Waals surface area contributed by atoms with Crippen LogP contribution in [0.2, 0.25) is 0 Å². The molecule has 96 valence electrons. The number of hydrogen-bond donors (Lipinski definition) is 0. The summed E-state index contributed by atoms with van der Waals surface area (Å²) in [6.45, 7) is 5.95. The Hall–Kier alpha value is -1.75. The summed E-state index contributed by atoms with van der Waals surface area (Å²) in [5.74, 6) is 0.792. The number of benzene rings is 1. The van der Waals surface area contributed by atoms with Crippen molar-refractivity contribution in [2.24, 2.45) is 0 Å². The van der Waals surface area contributed by atoms with Gasteiger partial charge in [0.05, 0.1) is 22.4 Å². The van der Waals surface area contributed by atoms with Gasteiger partial charge < -0.3 is 0 Å². The highest BCUT2D eigenvalue weighted by molar-refractivity contribution is 9.10. The molecule has 0 N–H and O–H groups in total. The Morgan fingerprint density at radius 2 is 1.79 bits per heavy atom. The Morgan fingerprint density at radius 1 is 1.00 bits per heavy atom. The molecule has 0 radical (unpaired) electrons. The molecule has 0 fully saturated rings. The molecule has 19 heavy (non-hydrogen) atoms. The van der Waals surface area contributed by atoms with Gasteiger partial charge in [-0.05, 0) is 45.0 Å². The normalized spacial score (nSPS) is 11.2. The highest BCUT2D eigenvalue weighted by Gasteiger charge is 2.11. The van der Waals surface area contributed by atoms with Crippen molar-refractivity contribution in [1.29, 1.82) is 0 Å². The Kier molecular flexibility index (Phi) is 2.86. The summed E-state index contributed by atoms with van der Waals surface area (Å²) in [7, 11) is 0. The lowest BCUT2D eigenvalue weighted by Crippen LogP contribution is -2.06. The molecule has 5 heteroatoms. The summed E-state index contributed by atoms with van der Waals surface area (Å²) in [5.41, 5.74) is 4.67.